The van der Waals surface area contributed by atoms with Crippen molar-refractivity contribution in [3.8, 4) is 11.5 Å². The van der Waals surface area contributed by atoms with Crippen LogP contribution in [-0.4, -0.2) is 15.9 Å². The van der Waals surface area contributed by atoms with Crippen molar-refractivity contribution in [3.05, 3.63) is 95.6 Å². The lowest BCUT2D eigenvalue weighted by Gasteiger charge is -2.14. The van der Waals surface area contributed by atoms with E-state index in [-0.39, 0.29) is 11.6 Å². The number of rotatable bonds is 6. The molecule has 0 atom stereocenters. The van der Waals surface area contributed by atoms with Gasteiger partial charge in [0.1, 0.15) is 11.5 Å². The lowest BCUT2D eigenvalue weighted by molar-refractivity contribution is 0.0960. The highest BCUT2D eigenvalue weighted by Crippen LogP contribution is 2.26. The maximum absolute atomic E-state index is 12.4. The average Bonchev–Trinajstić information content (AvgIpc) is 2.68. The molecular weight excluding hydrogens is 404 g/mol. The number of carbonyl (C=O) groups excluding carboxylic acids is 2. The zero-order valence-electron chi connectivity index (χ0n) is 15.1. The number of Topliss-reactive ketones (excluding diaryl/α,β-unsaturated/α-hetero) is 1. The first-order valence-electron chi connectivity index (χ1n) is 8.56. The smallest absolute Gasteiger partial charge is 0.193 e. The number of carbonyl (C=O) groups is 2. The molecule has 0 radical (unpaired) electrons. The molecule has 136 valence electrons. The van der Waals surface area contributed by atoms with Crippen LogP contribution >= 0.6 is 15.9 Å². The minimum absolute atomic E-state index is 0.0119. The molecule has 0 aliphatic heterocycles. The van der Waals surface area contributed by atoms with Crippen LogP contribution in [0.3, 0.4) is 0 Å². The first-order chi connectivity index (χ1) is 12.8. The molecule has 3 nitrogen and oxygen atoms in total. The van der Waals surface area contributed by atoms with Gasteiger partial charge in [-0.15, -0.1) is 0 Å². The lowest BCUT2D eigenvalue weighted by Crippen LogP contribution is -2.23. The summed E-state index contributed by atoms with van der Waals surface area (Å²) in [6, 6.07) is 23.2. The highest BCUT2D eigenvalue weighted by Gasteiger charge is 2.24. The maximum Gasteiger partial charge on any atom is 0.193 e. The number of halogens is 1. The zero-order chi connectivity index (χ0) is 19.4. The summed E-state index contributed by atoms with van der Waals surface area (Å²) >= 11 is 3.38. The predicted molar refractivity (Wildman–Crippen MR) is 110 cm³/mol. The third-order valence-electron chi connectivity index (χ3n) is 4.04. The monoisotopic (exact) mass is 422 g/mol. The van der Waals surface area contributed by atoms with Crippen LogP contribution in [0.5, 0.6) is 11.5 Å². The van der Waals surface area contributed by atoms with Gasteiger partial charge in [0.25, 0.3) is 0 Å². The fraction of sp³-hybridized carbons (Fsp3) is 0.130. The summed E-state index contributed by atoms with van der Waals surface area (Å²) in [5, 5.41) is 0. The molecule has 0 saturated heterocycles. The number of hydrogen-bond acceptors (Lipinski definition) is 3. The quantitative estimate of drug-likeness (QED) is 0.357. The Morgan fingerprint density at radius 1 is 0.704 bits per heavy atom. The summed E-state index contributed by atoms with van der Waals surface area (Å²) in [7, 11) is 0. The number of ether oxygens (including phenoxy) is 1. The van der Waals surface area contributed by atoms with E-state index >= 15 is 0 Å². The molecule has 0 N–H and O–H groups in total. The van der Waals surface area contributed by atoms with Crippen LogP contribution in [0.1, 0.15) is 40.1 Å². The highest BCUT2D eigenvalue weighted by molar-refractivity contribution is 9.10. The molecule has 0 aromatic heterocycles. The Bertz CT molecular complexity index is 938. The molecule has 0 unspecified atom stereocenters. The number of ketones is 2. The Morgan fingerprint density at radius 3 is 1.63 bits per heavy atom. The molecule has 0 spiro atoms. The summed E-state index contributed by atoms with van der Waals surface area (Å²) in [6.45, 7) is 3.63. The molecule has 3 rings (SSSR count). The topological polar surface area (TPSA) is 43.4 Å². The van der Waals surface area contributed by atoms with Gasteiger partial charge < -0.3 is 4.74 Å². The van der Waals surface area contributed by atoms with Gasteiger partial charge in [-0.25, -0.2) is 0 Å². The van der Waals surface area contributed by atoms with Gasteiger partial charge in [0.05, 0.1) is 4.32 Å². The largest absolute Gasteiger partial charge is 0.457 e. The summed E-state index contributed by atoms with van der Waals surface area (Å²) in [4.78, 5) is 24.7. The fourth-order valence-electron chi connectivity index (χ4n) is 2.58. The van der Waals surface area contributed by atoms with E-state index < -0.39 is 4.32 Å². The molecule has 0 bridgehead atoms. The molecule has 0 heterocycles. The van der Waals surface area contributed by atoms with Crippen molar-refractivity contribution in [2.45, 2.75) is 18.2 Å². The van der Waals surface area contributed by atoms with E-state index in [2.05, 4.69) is 15.9 Å². The van der Waals surface area contributed by atoms with E-state index in [0.717, 1.165) is 0 Å². The van der Waals surface area contributed by atoms with E-state index in [1.165, 1.54) is 0 Å². The van der Waals surface area contributed by atoms with Crippen molar-refractivity contribution in [2.75, 3.05) is 0 Å². The van der Waals surface area contributed by atoms with Crippen molar-refractivity contribution >= 4 is 27.5 Å². The Balaban J connectivity index is 1.70. The second-order valence-corrected chi connectivity index (χ2v) is 8.63. The van der Waals surface area contributed by atoms with Crippen molar-refractivity contribution in [1.29, 1.82) is 0 Å². The van der Waals surface area contributed by atoms with Crippen LogP contribution in [0, 0.1) is 0 Å². The van der Waals surface area contributed by atoms with Gasteiger partial charge in [-0.3, -0.25) is 9.59 Å². The molecule has 3 aromatic carbocycles. The average molecular weight is 423 g/mol. The van der Waals surface area contributed by atoms with E-state index in [1.54, 1.807) is 60.7 Å². The summed E-state index contributed by atoms with van der Waals surface area (Å²) in [5.41, 5.74) is 1.88. The molecule has 0 fully saturated rings. The van der Waals surface area contributed by atoms with Crippen molar-refractivity contribution in [2.24, 2.45) is 0 Å². The van der Waals surface area contributed by atoms with Crippen molar-refractivity contribution in [1.82, 2.24) is 0 Å². The summed E-state index contributed by atoms with van der Waals surface area (Å²) < 4.78 is 5.20. The second kappa shape index (κ2) is 7.89. The Morgan fingerprint density at radius 2 is 1.15 bits per heavy atom. The molecule has 0 saturated carbocycles. The number of benzene rings is 3. The minimum Gasteiger partial charge on any atom is -0.457 e. The van der Waals surface area contributed by atoms with Gasteiger partial charge in [0, 0.05) is 16.7 Å². The van der Waals surface area contributed by atoms with E-state index in [1.807, 2.05) is 32.0 Å². The lowest BCUT2D eigenvalue weighted by atomic mass is 10.0. The molecule has 3 aromatic rings. The Hall–Kier alpha value is -2.72. The van der Waals surface area contributed by atoms with Gasteiger partial charge in [-0.05, 0) is 62.4 Å². The first kappa shape index (κ1) is 19.1. The third kappa shape index (κ3) is 4.72. The predicted octanol–water partition coefficient (Wildman–Crippen LogP) is 6.07. The first-order valence-corrected chi connectivity index (χ1v) is 9.35. The van der Waals surface area contributed by atoms with Gasteiger partial charge in [-0.1, -0.05) is 46.3 Å². The van der Waals surface area contributed by atoms with E-state index in [0.29, 0.717) is 28.2 Å². The SMILES string of the molecule is CC(C)(Br)C(=O)c1ccc(Oc2ccc(C(=O)c3ccccc3)cc2)cc1. The fourth-order valence-corrected chi connectivity index (χ4v) is 2.81. The molecule has 0 amide bonds. The van der Waals surface area contributed by atoms with Crippen LogP contribution < -0.4 is 4.74 Å². The normalized spacial score (nSPS) is 11.1. The van der Waals surface area contributed by atoms with Crippen molar-refractivity contribution in [3.63, 3.8) is 0 Å². The number of hydrogen-bond donors (Lipinski definition) is 0. The van der Waals surface area contributed by atoms with Gasteiger partial charge in [-0.2, -0.15) is 0 Å². The van der Waals surface area contributed by atoms with Crippen molar-refractivity contribution < 1.29 is 14.3 Å². The molecular formula is C23H19BrO3. The highest BCUT2D eigenvalue weighted by atomic mass is 79.9. The molecule has 4 heteroatoms. The van der Waals surface area contributed by atoms with Crippen LogP contribution in [0.2, 0.25) is 0 Å². The van der Waals surface area contributed by atoms with Gasteiger partial charge in [0.15, 0.2) is 11.6 Å². The Labute approximate surface area is 167 Å². The van der Waals surface area contributed by atoms with Crippen LogP contribution in [0.4, 0.5) is 0 Å². The van der Waals surface area contributed by atoms with Gasteiger partial charge >= 0.3 is 0 Å². The molecule has 0 aliphatic rings. The Kier molecular flexibility index (Phi) is 5.57. The van der Waals surface area contributed by atoms with E-state index in [9.17, 15) is 9.59 Å². The minimum atomic E-state index is -0.601. The zero-order valence-corrected chi connectivity index (χ0v) is 16.7. The second-order valence-electron chi connectivity index (χ2n) is 6.65. The van der Waals surface area contributed by atoms with Crippen LogP contribution in [0.15, 0.2) is 78.9 Å². The molecule has 27 heavy (non-hydrogen) atoms. The van der Waals surface area contributed by atoms with Gasteiger partial charge in [0.2, 0.25) is 0 Å². The maximum atomic E-state index is 12.4. The molecule has 0 aliphatic carbocycles. The number of alkyl halides is 1. The van der Waals surface area contributed by atoms with E-state index in [4.69, 9.17) is 4.74 Å². The third-order valence-corrected chi connectivity index (χ3v) is 4.40. The summed E-state index contributed by atoms with van der Waals surface area (Å²) in [5.74, 6) is 1.24. The standard InChI is InChI=1S/C23H19BrO3/c1-23(2,24)22(26)18-10-14-20(15-11-18)27-19-12-8-17(9-13-19)21(25)16-6-4-3-5-7-16/h3-15H,1-2H3. The van der Waals surface area contributed by atoms with Crippen LogP contribution in [0.25, 0.3) is 0 Å². The summed E-state index contributed by atoms with van der Waals surface area (Å²) in [6.07, 6.45) is 0. The van der Waals surface area contributed by atoms with Crippen LogP contribution in [-0.2, 0) is 0 Å².